The van der Waals surface area contributed by atoms with E-state index in [4.69, 9.17) is 28.3 Å². The highest BCUT2D eigenvalue weighted by Crippen LogP contribution is 2.50. The monoisotopic (exact) mass is 273 g/mol. The molecular weight excluding hydrogens is 261 g/mol. The Labute approximate surface area is 110 Å². The van der Waals surface area contributed by atoms with Crippen molar-refractivity contribution in [3.05, 3.63) is 33.8 Å². The number of hydrogen-bond donors (Lipinski definition) is 2. The molecule has 1 amide bonds. The number of rotatable bonds is 4. The van der Waals surface area contributed by atoms with Crippen molar-refractivity contribution in [1.82, 2.24) is 5.32 Å². The van der Waals surface area contributed by atoms with Gasteiger partial charge in [0.05, 0.1) is 16.7 Å². The van der Waals surface area contributed by atoms with Crippen LogP contribution in [-0.4, -0.2) is 24.2 Å². The van der Waals surface area contributed by atoms with E-state index >= 15 is 0 Å². The minimum Gasteiger partial charge on any atom is -0.395 e. The number of hydrogen-bond acceptors (Lipinski definition) is 2. The third-order valence-corrected chi connectivity index (χ3v) is 3.75. The Hall–Kier alpha value is -0.770. The molecule has 92 valence electrons. The van der Waals surface area contributed by atoms with Gasteiger partial charge in [-0.3, -0.25) is 4.79 Å². The Morgan fingerprint density at radius 2 is 2.24 bits per heavy atom. The van der Waals surface area contributed by atoms with E-state index < -0.39 is 0 Å². The van der Waals surface area contributed by atoms with Gasteiger partial charge in [0.1, 0.15) is 0 Å². The highest BCUT2D eigenvalue weighted by molar-refractivity contribution is 6.42. The summed E-state index contributed by atoms with van der Waals surface area (Å²) in [5.41, 5.74) is 0.934. The molecule has 0 bridgehead atoms. The number of nitrogens with one attached hydrogen (secondary N) is 1. The topological polar surface area (TPSA) is 49.3 Å². The van der Waals surface area contributed by atoms with E-state index in [1.54, 1.807) is 6.07 Å². The van der Waals surface area contributed by atoms with Gasteiger partial charge >= 0.3 is 0 Å². The van der Waals surface area contributed by atoms with Crippen molar-refractivity contribution < 1.29 is 9.90 Å². The largest absolute Gasteiger partial charge is 0.395 e. The lowest BCUT2D eigenvalue weighted by molar-refractivity contribution is -0.122. The van der Waals surface area contributed by atoms with Crippen LogP contribution in [0.2, 0.25) is 10.0 Å². The molecule has 1 aliphatic rings. The molecule has 1 aromatic carbocycles. The third kappa shape index (κ3) is 2.73. The second-order valence-electron chi connectivity index (χ2n) is 4.11. The third-order valence-electron chi connectivity index (χ3n) is 2.92. The number of amides is 1. The Kier molecular flexibility index (Phi) is 3.92. The van der Waals surface area contributed by atoms with Crippen LogP contribution >= 0.6 is 23.2 Å². The lowest BCUT2D eigenvalue weighted by Gasteiger charge is -2.05. The summed E-state index contributed by atoms with van der Waals surface area (Å²) in [5, 5.41) is 12.3. The first-order valence-electron chi connectivity index (χ1n) is 5.47. The molecule has 2 rings (SSSR count). The SMILES string of the molecule is O=C(NCCO)C1CC1c1cccc(Cl)c1Cl. The van der Waals surface area contributed by atoms with Gasteiger partial charge < -0.3 is 10.4 Å². The quantitative estimate of drug-likeness (QED) is 0.884. The lowest BCUT2D eigenvalue weighted by Crippen LogP contribution is -2.28. The number of aliphatic hydroxyl groups is 1. The first-order valence-corrected chi connectivity index (χ1v) is 6.23. The Morgan fingerprint density at radius 1 is 1.47 bits per heavy atom. The van der Waals surface area contributed by atoms with Crippen LogP contribution in [0.15, 0.2) is 18.2 Å². The molecule has 0 heterocycles. The molecule has 1 aromatic rings. The van der Waals surface area contributed by atoms with Gasteiger partial charge in [-0.05, 0) is 24.0 Å². The standard InChI is InChI=1S/C12H13Cl2NO2/c13-10-3-1-2-7(11(10)14)8-6-9(8)12(17)15-4-5-16/h1-3,8-9,16H,4-6H2,(H,15,17). The van der Waals surface area contributed by atoms with Gasteiger partial charge in [-0.2, -0.15) is 0 Å². The van der Waals surface area contributed by atoms with Crippen LogP contribution in [0.25, 0.3) is 0 Å². The second kappa shape index (κ2) is 5.25. The molecule has 0 aromatic heterocycles. The van der Waals surface area contributed by atoms with Gasteiger partial charge in [-0.15, -0.1) is 0 Å². The molecule has 0 radical (unpaired) electrons. The predicted octanol–water partition coefficient (Wildman–Crippen LogP) is 2.21. The number of carbonyl (C=O) groups excluding carboxylic acids is 1. The zero-order chi connectivity index (χ0) is 12.4. The molecule has 2 unspecified atom stereocenters. The molecule has 2 N–H and O–H groups in total. The van der Waals surface area contributed by atoms with Crippen molar-refractivity contribution >= 4 is 29.1 Å². The maximum absolute atomic E-state index is 11.6. The van der Waals surface area contributed by atoms with E-state index in [0.29, 0.717) is 16.6 Å². The van der Waals surface area contributed by atoms with Crippen LogP contribution < -0.4 is 5.32 Å². The molecule has 3 nitrogen and oxygen atoms in total. The fourth-order valence-electron chi connectivity index (χ4n) is 1.95. The van der Waals surface area contributed by atoms with Crippen LogP contribution in [0, 0.1) is 5.92 Å². The van der Waals surface area contributed by atoms with Crippen molar-refractivity contribution in [3.8, 4) is 0 Å². The summed E-state index contributed by atoms with van der Waals surface area (Å²) < 4.78 is 0. The predicted molar refractivity (Wildman–Crippen MR) is 67.4 cm³/mol. The van der Waals surface area contributed by atoms with E-state index in [9.17, 15) is 4.79 Å². The fraction of sp³-hybridized carbons (Fsp3) is 0.417. The average molecular weight is 274 g/mol. The van der Waals surface area contributed by atoms with Gasteiger partial charge in [0, 0.05) is 12.5 Å². The van der Waals surface area contributed by atoms with Crippen LogP contribution in [0.5, 0.6) is 0 Å². The second-order valence-corrected chi connectivity index (χ2v) is 4.89. The van der Waals surface area contributed by atoms with E-state index in [1.165, 1.54) is 0 Å². The van der Waals surface area contributed by atoms with Crippen molar-refractivity contribution in [2.45, 2.75) is 12.3 Å². The molecule has 0 saturated heterocycles. The number of aliphatic hydroxyl groups excluding tert-OH is 1. The first kappa shape index (κ1) is 12.7. The number of benzene rings is 1. The van der Waals surface area contributed by atoms with Crippen molar-refractivity contribution in [3.63, 3.8) is 0 Å². The van der Waals surface area contributed by atoms with Crippen LogP contribution in [0.3, 0.4) is 0 Å². The van der Waals surface area contributed by atoms with Gasteiger partial charge in [-0.25, -0.2) is 0 Å². The zero-order valence-corrected chi connectivity index (χ0v) is 10.6. The summed E-state index contributed by atoms with van der Waals surface area (Å²) in [6, 6.07) is 5.47. The summed E-state index contributed by atoms with van der Waals surface area (Å²) in [6.07, 6.45) is 0.789. The summed E-state index contributed by atoms with van der Waals surface area (Å²) in [4.78, 5) is 11.6. The molecule has 1 saturated carbocycles. The van der Waals surface area contributed by atoms with E-state index in [1.807, 2.05) is 12.1 Å². The minimum atomic E-state index is -0.0440. The Morgan fingerprint density at radius 3 is 2.94 bits per heavy atom. The number of carbonyl (C=O) groups is 1. The molecule has 17 heavy (non-hydrogen) atoms. The highest BCUT2D eigenvalue weighted by atomic mass is 35.5. The minimum absolute atomic E-state index is 0.0277. The van der Waals surface area contributed by atoms with E-state index in [2.05, 4.69) is 5.32 Å². The molecule has 0 aliphatic heterocycles. The smallest absolute Gasteiger partial charge is 0.223 e. The summed E-state index contributed by atoms with van der Waals surface area (Å²) >= 11 is 12.0. The molecule has 5 heteroatoms. The molecule has 1 aliphatic carbocycles. The van der Waals surface area contributed by atoms with Crippen molar-refractivity contribution in [2.24, 2.45) is 5.92 Å². The Balaban J connectivity index is 2.03. The molecular formula is C12H13Cl2NO2. The summed E-state index contributed by atoms with van der Waals surface area (Å²) in [7, 11) is 0. The first-order chi connectivity index (χ1) is 8.15. The zero-order valence-electron chi connectivity index (χ0n) is 9.12. The van der Waals surface area contributed by atoms with Crippen LogP contribution in [-0.2, 0) is 4.79 Å². The van der Waals surface area contributed by atoms with E-state index in [-0.39, 0.29) is 24.3 Å². The molecule has 0 spiro atoms. The average Bonchev–Trinajstić information content (AvgIpc) is 3.09. The van der Waals surface area contributed by atoms with Gasteiger partial charge in [0.2, 0.25) is 5.91 Å². The maximum Gasteiger partial charge on any atom is 0.223 e. The normalized spacial score (nSPS) is 22.3. The van der Waals surface area contributed by atoms with Crippen molar-refractivity contribution in [1.29, 1.82) is 0 Å². The van der Waals surface area contributed by atoms with Crippen LogP contribution in [0.4, 0.5) is 0 Å². The molecule has 1 fully saturated rings. The van der Waals surface area contributed by atoms with Gasteiger partial charge in [-0.1, -0.05) is 35.3 Å². The summed E-state index contributed by atoms with van der Waals surface area (Å²) in [5.74, 6) is 0.0810. The lowest BCUT2D eigenvalue weighted by atomic mass is 10.1. The maximum atomic E-state index is 11.6. The van der Waals surface area contributed by atoms with Crippen molar-refractivity contribution in [2.75, 3.05) is 13.2 Å². The Bertz CT molecular complexity index is 437. The van der Waals surface area contributed by atoms with E-state index in [0.717, 1.165) is 12.0 Å². The molecule has 2 atom stereocenters. The van der Waals surface area contributed by atoms with Crippen LogP contribution in [0.1, 0.15) is 17.9 Å². The van der Waals surface area contributed by atoms with Gasteiger partial charge in [0.15, 0.2) is 0 Å². The fourth-order valence-corrected chi connectivity index (χ4v) is 2.39. The highest BCUT2D eigenvalue weighted by Gasteiger charge is 2.44. The number of halogens is 2. The summed E-state index contributed by atoms with van der Waals surface area (Å²) in [6.45, 7) is 0.256. The van der Waals surface area contributed by atoms with Gasteiger partial charge in [0.25, 0.3) is 0 Å².